The van der Waals surface area contributed by atoms with Gasteiger partial charge in [0.2, 0.25) is 0 Å². The van der Waals surface area contributed by atoms with Crippen LogP contribution in [0, 0.1) is 0 Å². The van der Waals surface area contributed by atoms with Gasteiger partial charge in [0.25, 0.3) is 0 Å². The van der Waals surface area contributed by atoms with Gasteiger partial charge in [-0.2, -0.15) is 0 Å². The van der Waals surface area contributed by atoms with Crippen LogP contribution in [0.2, 0.25) is 0 Å². The maximum Gasteiger partial charge on any atom is 0.0159 e. The van der Waals surface area contributed by atoms with Gasteiger partial charge < -0.3 is 0 Å². The van der Waals surface area contributed by atoms with Crippen molar-refractivity contribution in [1.82, 2.24) is 0 Å². The summed E-state index contributed by atoms with van der Waals surface area (Å²) in [5.41, 5.74) is 10.7. The van der Waals surface area contributed by atoms with Crippen molar-refractivity contribution in [3.05, 3.63) is 132 Å². The number of hydrogen-bond acceptors (Lipinski definition) is 0. The Labute approximate surface area is 206 Å². The van der Waals surface area contributed by atoms with E-state index in [2.05, 4.69) is 135 Å². The normalized spacial score (nSPS) is 13.7. The van der Waals surface area contributed by atoms with Crippen LogP contribution >= 0.6 is 0 Å². The number of rotatable bonds is 2. The Balaban J connectivity index is 1.44. The molecule has 0 nitrogen and oxygen atoms in total. The zero-order valence-electron chi connectivity index (χ0n) is 20.0. The monoisotopic (exact) mass is 446 g/mol. The molecule has 0 atom stereocenters. The van der Waals surface area contributed by atoms with E-state index in [4.69, 9.17) is 0 Å². The predicted molar refractivity (Wildman–Crippen MR) is 150 cm³/mol. The fourth-order valence-corrected chi connectivity index (χ4v) is 6.12. The fourth-order valence-electron chi connectivity index (χ4n) is 6.12. The lowest BCUT2D eigenvalue weighted by Gasteiger charge is -2.22. The van der Waals surface area contributed by atoms with Gasteiger partial charge in [0.05, 0.1) is 0 Å². The van der Waals surface area contributed by atoms with Crippen molar-refractivity contribution in [3.63, 3.8) is 0 Å². The van der Waals surface area contributed by atoms with Crippen LogP contribution in [0.3, 0.4) is 0 Å². The summed E-state index contributed by atoms with van der Waals surface area (Å²) >= 11 is 0. The van der Waals surface area contributed by atoms with E-state index in [0.29, 0.717) is 0 Å². The Kier molecular flexibility index (Phi) is 4.29. The van der Waals surface area contributed by atoms with Gasteiger partial charge in [-0.05, 0) is 72.1 Å². The van der Waals surface area contributed by atoms with Crippen LogP contribution in [0.5, 0.6) is 0 Å². The van der Waals surface area contributed by atoms with Gasteiger partial charge >= 0.3 is 0 Å². The Morgan fingerprint density at radius 1 is 0.400 bits per heavy atom. The highest BCUT2D eigenvalue weighted by Crippen LogP contribution is 2.50. The first kappa shape index (κ1) is 20.2. The standard InChI is InChI=1S/C35H26/c1-35(2)33-17-8-7-15-31(33)32-19-18-24(22-34(32)35)26-20-21-30(29-14-6-5-13-27(26)29)28-16-9-11-23-10-3-4-12-25(23)28/h3-22H,1-2H3. The molecule has 6 aromatic rings. The molecular formula is C35H26. The molecule has 166 valence electrons. The number of fused-ring (bicyclic) bond motifs is 5. The largest absolute Gasteiger partial charge is 0.0619 e. The van der Waals surface area contributed by atoms with Crippen molar-refractivity contribution in [3.8, 4) is 33.4 Å². The highest BCUT2D eigenvalue weighted by molar-refractivity contribution is 6.09. The summed E-state index contributed by atoms with van der Waals surface area (Å²) in [7, 11) is 0. The van der Waals surface area contributed by atoms with E-state index in [1.165, 1.54) is 66.1 Å². The fraction of sp³-hybridized carbons (Fsp3) is 0.0857. The predicted octanol–water partition coefficient (Wildman–Crippen LogP) is 9.63. The van der Waals surface area contributed by atoms with E-state index in [0.717, 1.165) is 0 Å². The third-order valence-corrected chi connectivity index (χ3v) is 7.90. The van der Waals surface area contributed by atoms with Crippen molar-refractivity contribution in [1.29, 1.82) is 0 Å². The second-order valence-electron chi connectivity index (χ2n) is 10.2. The number of hydrogen-bond donors (Lipinski definition) is 0. The number of benzene rings is 6. The van der Waals surface area contributed by atoms with Gasteiger partial charge in [0.15, 0.2) is 0 Å². The second-order valence-corrected chi connectivity index (χ2v) is 10.2. The Bertz CT molecular complexity index is 1760. The highest BCUT2D eigenvalue weighted by atomic mass is 14.4. The molecule has 0 N–H and O–H groups in total. The third-order valence-electron chi connectivity index (χ3n) is 7.90. The molecule has 7 rings (SSSR count). The minimum absolute atomic E-state index is 0.000630. The van der Waals surface area contributed by atoms with Gasteiger partial charge in [-0.15, -0.1) is 0 Å². The molecule has 35 heavy (non-hydrogen) atoms. The molecule has 0 radical (unpaired) electrons. The lowest BCUT2D eigenvalue weighted by molar-refractivity contribution is 0.660. The molecule has 0 heteroatoms. The maximum absolute atomic E-state index is 2.43. The lowest BCUT2D eigenvalue weighted by atomic mass is 9.81. The molecule has 0 saturated heterocycles. The molecule has 0 amide bonds. The quantitative estimate of drug-likeness (QED) is 0.248. The summed E-state index contributed by atoms with van der Waals surface area (Å²) in [6, 6.07) is 44.7. The Hall–Kier alpha value is -4.16. The first-order valence-corrected chi connectivity index (χ1v) is 12.4. The second kappa shape index (κ2) is 7.42. The third kappa shape index (κ3) is 2.93. The average Bonchev–Trinajstić information content (AvgIpc) is 3.14. The minimum atomic E-state index is 0.000630. The zero-order valence-corrected chi connectivity index (χ0v) is 20.0. The SMILES string of the molecule is CC1(C)c2ccccc2-c2ccc(-c3ccc(-c4cccc5ccccc45)c4ccccc34)cc21. The Morgan fingerprint density at radius 3 is 1.80 bits per heavy atom. The van der Waals surface area contributed by atoms with Crippen LogP contribution in [-0.2, 0) is 5.41 Å². The van der Waals surface area contributed by atoms with Crippen LogP contribution in [0.1, 0.15) is 25.0 Å². The Morgan fingerprint density at radius 2 is 0.943 bits per heavy atom. The van der Waals surface area contributed by atoms with Crippen LogP contribution < -0.4 is 0 Å². The zero-order chi connectivity index (χ0) is 23.6. The molecule has 0 unspecified atom stereocenters. The van der Waals surface area contributed by atoms with Crippen molar-refractivity contribution in [2.75, 3.05) is 0 Å². The first-order valence-electron chi connectivity index (χ1n) is 12.4. The highest BCUT2D eigenvalue weighted by Gasteiger charge is 2.35. The van der Waals surface area contributed by atoms with Gasteiger partial charge in [0.1, 0.15) is 0 Å². The van der Waals surface area contributed by atoms with E-state index in [1.54, 1.807) is 0 Å². The van der Waals surface area contributed by atoms with E-state index >= 15 is 0 Å². The molecule has 0 aromatic heterocycles. The smallest absolute Gasteiger partial charge is 0.0159 e. The molecule has 6 aromatic carbocycles. The van der Waals surface area contributed by atoms with Crippen LogP contribution in [0.4, 0.5) is 0 Å². The van der Waals surface area contributed by atoms with Crippen LogP contribution in [0.15, 0.2) is 121 Å². The van der Waals surface area contributed by atoms with E-state index in [9.17, 15) is 0 Å². The average molecular weight is 447 g/mol. The molecule has 0 heterocycles. The van der Waals surface area contributed by atoms with E-state index < -0.39 is 0 Å². The van der Waals surface area contributed by atoms with E-state index in [1.807, 2.05) is 0 Å². The summed E-state index contributed by atoms with van der Waals surface area (Å²) in [4.78, 5) is 0. The maximum atomic E-state index is 2.43. The van der Waals surface area contributed by atoms with Gasteiger partial charge in [-0.1, -0.05) is 129 Å². The van der Waals surface area contributed by atoms with E-state index in [-0.39, 0.29) is 5.41 Å². The van der Waals surface area contributed by atoms with Gasteiger partial charge in [-0.25, -0.2) is 0 Å². The van der Waals surface area contributed by atoms with Crippen LogP contribution in [-0.4, -0.2) is 0 Å². The first-order chi connectivity index (χ1) is 17.1. The van der Waals surface area contributed by atoms with Crippen molar-refractivity contribution in [2.24, 2.45) is 0 Å². The lowest BCUT2D eigenvalue weighted by Crippen LogP contribution is -2.14. The minimum Gasteiger partial charge on any atom is -0.0619 e. The van der Waals surface area contributed by atoms with Crippen LogP contribution in [0.25, 0.3) is 54.9 Å². The summed E-state index contributed by atoms with van der Waals surface area (Å²) < 4.78 is 0. The van der Waals surface area contributed by atoms with Crippen molar-refractivity contribution in [2.45, 2.75) is 19.3 Å². The molecular weight excluding hydrogens is 420 g/mol. The molecule has 0 aliphatic heterocycles. The molecule has 0 fully saturated rings. The van der Waals surface area contributed by atoms with Gasteiger partial charge in [-0.3, -0.25) is 0 Å². The molecule has 1 aliphatic rings. The molecule has 0 spiro atoms. The molecule has 1 aliphatic carbocycles. The topological polar surface area (TPSA) is 0 Å². The summed E-state index contributed by atoms with van der Waals surface area (Å²) in [5.74, 6) is 0. The summed E-state index contributed by atoms with van der Waals surface area (Å²) in [5, 5.41) is 5.17. The summed E-state index contributed by atoms with van der Waals surface area (Å²) in [6.07, 6.45) is 0. The van der Waals surface area contributed by atoms with Crippen molar-refractivity contribution >= 4 is 21.5 Å². The van der Waals surface area contributed by atoms with Gasteiger partial charge in [0, 0.05) is 5.41 Å². The summed E-state index contributed by atoms with van der Waals surface area (Å²) in [6.45, 7) is 4.70. The van der Waals surface area contributed by atoms with Crippen molar-refractivity contribution < 1.29 is 0 Å². The molecule has 0 saturated carbocycles. The molecule has 0 bridgehead atoms.